The van der Waals surface area contributed by atoms with Crippen LogP contribution in [-0.4, -0.2) is 33.6 Å². The summed E-state index contributed by atoms with van der Waals surface area (Å²) in [4.78, 5) is -2.51. The highest BCUT2D eigenvalue weighted by Gasteiger charge is 2.82. The van der Waals surface area contributed by atoms with E-state index in [1.165, 1.54) is 0 Å². The monoisotopic (exact) mass is 398 g/mol. The molecule has 1 saturated carbocycles. The molecular formula is C12H12Cl6O2. The summed E-state index contributed by atoms with van der Waals surface area (Å²) in [5.41, 5.74) is 0. The Kier molecular flexibility index (Phi) is 4.02. The Labute approximate surface area is 147 Å². The fourth-order valence-electron chi connectivity index (χ4n) is 3.37. The first-order chi connectivity index (χ1) is 9.22. The Bertz CT molecular complexity index is 443. The van der Waals surface area contributed by atoms with Gasteiger partial charge >= 0.3 is 0 Å². The summed E-state index contributed by atoms with van der Waals surface area (Å²) in [6.45, 7) is 2.62. The molecule has 2 bridgehead atoms. The highest BCUT2D eigenvalue weighted by molar-refractivity contribution is 6.65. The van der Waals surface area contributed by atoms with Crippen LogP contribution < -0.4 is 0 Å². The summed E-state index contributed by atoms with van der Waals surface area (Å²) in [6, 6.07) is 0. The second kappa shape index (κ2) is 4.95. The molecule has 2 nitrogen and oxygen atoms in total. The Morgan fingerprint density at radius 2 is 1.35 bits per heavy atom. The third kappa shape index (κ3) is 1.63. The van der Waals surface area contributed by atoms with E-state index in [-0.39, 0.29) is 28.2 Å². The standard InChI is InChI=1S/C12H12Cl6O2/c1-2-7-19-3-5-6(4-20-7)11(16)9(14)8(13)10(5,15)12(11,17)18/h5-7H,2-4H2,1H3/t5-,6+,7?,10-,11+. The van der Waals surface area contributed by atoms with Crippen LogP contribution in [0.15, 0.2) is 10.1 Å². The second-order valence-corrected chi connectivity index (χ2v) is 8.62. The van der Waals surface area contributed by atoms with E-state index in [1.54, 1.807) is 0 Å². The van der Waals surface area contributed by atoms with Crippen molar-refractivity contribution in [2.45, 2.75) is 33.7 Å². The molecule has 5 atom stereocenters. The highest BCUT2D eigenvalue weighted by atomic mass is 35.5. The molecule has 0 aromatic rings. The molecule has 0 aromatic heterocycles. The predicted molar refractivity (Wildman–Crippen MR) is 83.3 cm³/mol. The SMILES string of the molecule is CCC1OC[C@@H]2[C@H](CO1)[C@]1(Cl)C(Cl)=C(Cl)[C@@]2(Cl)C1(Cl)Cl. The van der Waals surface area contributed by atoms with E-state index in [2.05, 4.69) is 0 Å². The lowest BCUT2D eigenvalue weighted by molar-refractivity contribution is -0.132. The van der Waals surface area contributed by atoms with Crippen molar-refractivity contribution in [3.05, 3.63) is 10.1 Å². The number of hydrogen-bond donors (Lipinski definition) is 0. The van der Waals surface area contributed by atoms with E-state index in [0.717, 1.165) is 6.42 Å². The quantitative estimate of drug-likeness (QED) is 0.586. The molecule has 0 spiro atoms. The van der Waals surface area contributed by atoms with Gasteiger partial charge in [-0.25, -0.2) is 0 Å². The van der Waals surface area contributed by atoms with Crippen molar-refractivity contribution in [1.82, 2.24) is 0 Å². The number of fused-ring (bicyclic) bond motifs is 5. The van der Waals surface area contributed by atoms with Gasteiger partial charge < -0.3 is 9.47 Å². The van der Waals surface area contributed by atoms with E-state index in [9.17, 15) is 0 Å². The number of ether oxygens (including phenoxy) is 2. The highest BCUT2D eigenvalue weighted by Crippen LogP contribution is 2.76. The summed E-state index contributed by atoms with van der Waals surface area (Å²) in [7, 11) is 0. The van der Waals surface area contributed by atoms with Crippen LogP contribution in [0.2, 0.25) is 0 Å². The molecule has 1 unspecified atom stereocenters. The molecule has 3 aliphatic rings. The van der Waals surface area contributed by atoms with E-state index in [4.69, 9.17) is 79.1 Å². The number of allylic oxidation sites excluding steroid dienone is 2. The zero-order valence-corrected chi connectivity index (χ0v) is 15.0. The number of hydrogen-bond acceptors (Lipinski definition) is 2. The van der Waals surface area contributed by atoms with Crippen molar-refractivity contribution in [3.8, 4) is 0 Å². The Balaban J connectivity index is 2.09. The van der Waals surface area contributed by atoms with Gasteiger partial charge in [-0.1, -0.05) is 53.3 Å². The number of alkyl halides is 4. The van der Waals surface area contributed by atoms with Gasteiger partial charge in [-0.15, -0.1) is 23.2 Å². The number of halogens is 6. The summed E-state index contributed by atoms with van der Waals surface area (Å²) < 4.78 is 9.88. The van der Waals surface area contributed by atoms with Crippen molar-refractivity contribution in [2.75, 3.05) is 13.2 Å². The molecular weight excluding hydrogens is 389 g/mol. The minimum Gasteiger partial charge on any atom is -0.352 e. The molecule has 3 rings (SSSR count). The molecule has 1 heterocycles. The van der Waals surface area contributed by atoms with Gasteiger partial charge in [0.15, 0.2) is 10.6 Å². The molecule has 8 heteroatoms. The third-order valence-electron chi connectivity index (χ3n) is 4.51. The van der Waals surface area contributed by atoms with Crippen molar-refractivity contribution in [1.29, 1.82) is 0 Å². The maximum atomic E-state index is 6.70. The van der Waals surface area contributed by atoms with Gasteiger partial charge in [-0.2, -0.15) is 0 Å². The van der Waals surface area contributed by atoms with Crippen LogP contribution in [0.4, 0.5) is 0 Å². The summed E-state index contributed by atoms with van der Waals surface area (Å²) in [5, 5.41) is 0.418. The smallest absolute Gasteiger partial charge is 0.167 e. The summed E-state index contributed by atoms with van der Waals surface area (Å²) in [5.74, 6) is -0.522. The average Bonchev–Trinajstić information content (AvgIpc) is 2.64. The Morgan fingerprint density at radius 1 is 0.950 bits per heavy atom. The van der Waals surface area contributed by atoms with E-state index in [1.807, 2.05) is 6.92 Å². The molecule has 114 valence electrons. The van der Waals surface area contributed by atoms with Gasteiger partial charge in [0, 0.05) is 11.8 Å². The van der Waals surface area contributed by atoms with Crippen LogP contribution in [0, 0.1) is 11.8 Å². The third-order valence-corrected chi connectivity index (χ3v) is 8.86. The summed E-state index contributed by atoms with van der Waals surface area (Å²) >= 11 is 38.9. The van der Waals surface area contributed by atoms with Crippen LogP contribution >= 0.6 is 69.6 Å². The van der Waals surface area contributed by atoms with Crippen LogP contribution in [0.1, 0.15) is 13.3 Å². The van der Waals surface area contributed by atoms with Gasteiger partial charge in [-0.05, 0) is 6.42 Å². The zero-order chi connectivity index (χ0) is 14.9. The minimum atomic E-state index is -1.52. The van der Waals surface area contributed by atoms with E-state index < -0.39 is 14.1 Å². The largest absolute Gasteiger partial charge is 0.352 e. The van der Waals surface area contributed by atoms with Crippen molar-refractivity contribution in [2.24, 2.45) is 11.8 Å². The summed E-state index contributed by atoms with van der Waals surface area (Å²) in [6.07, 6.45) is 0.435. The zero-order valence-electron chi connectivity index (χ0n) is 10.4. The van der Waals surface area contributed by atoms with Crippen LogP contribution in [0.3, 0.4) is 0 Å². The Hall–Kier alpha value is 1.40. The average molecular weight is 401 g/mol. The molecule has 0 N–H and O–H groups in total. The first kappa shape index (κ1) is 16.3. The minimum absolute atomic E-state index is 0.209. The van der Waals surface area contributed by atoms with Gasteiger partial charge in [0.25, 0.3) is 0 Å². The van der Waals surface area contributed by atoms with Crippen molar-refractivity contribution in [3.63, 3.8) is 0 Å². The van der Waals surface area contributed by atoms with Gasteiger partial charge in [-0.3, -0.25) is 0 Å². The normalized spacial score (nSPS) is 50.2. The lowest BCUT2D eigenvalue weighted by atomic mass is 9.83. The van der Waals surface area contributed by atoms with Crippen molar-refractivity contribution >= 4 is 69.6 Å². The maximum absolute atomic E-state index is 6.70. The molecule has 0 amide bonds. The fourth-order valence-corrected chi connectivity index (χ4v) is 6.43. The van der Waals surface area contributed by atoms with Crippen LogP contribution in [0.25, 0.3) is 0 Å². The van der Waals surface area contributed by atoms with Crippen LogP contribution in [-0.2, 0) is 9.47 Å². The number of rotatable bonds is 1. The van der Waals surface area contributed by atoms with Gasteiger partial charge in [0.1, 0.15) is 9.75 Å². The molecule has 2 fully saturated rings. The molecule has 20 heavy (non-hydrogen) atoms. The maximum Gasteiger partial charge on any atom is 0.167 e. The van der Waals surface area contributed by atoms with E-state index in [0.29, 0.717) is 13.2 Å². The first-order valence-electron chi connectivity index (χ1n) is 6.28. The fraction of sp³-hybridized carbons (Fsp3) is 0.833. The first-order valence-corrected chi connectivity index (χ1v) is 8.54. The molecule has 0 aromatic carbocycles. The lowest BCUT2D eigenvalue weighted by Gasteiger charge is -2.34. The molecule has 2 aliphatic carbocycles. The van der Waals surface area contributed by atoms with Crippen LogP contribution in [0.5, 0.6) is 0 Å². The lowest BCUT2D eigenvalue weighted by Crippen LogP contribution is -2.45. The molecule has 1 saturated heterocycles. The van der Waals surface area contributed by atoms with Crippen molar-refractivity contribution < 1.29 is 9.47 Å². The van der Waals surface area contributed by atoms with Gasteiger partial charge in [0.05, 0.1) is 23.3 Å². The Morgan fingerprint density at radius 3 is 1.70 bits per heavy atom. The topological polar surface area (TPSA) is 18.5 Å². The second-order valence-electron chi connectivity index (χ2n) is 5.34. The molecule has 1 aliphatic heterocycles. The predicted octanol–water partition coefficient (Wildman–Crippen LogP) is 4.85. The molecule has 0 radical (unpaired) electrons. The van der Waals surface area contributed by atoms with E-state index >= 15 is 0 Å². The van der Waals surface area contributed by atoms with Gasteiger partial charge in [0.2, 0.25) is 0 Å².